The number of ketones is 1. The van der Waals surface area contributed by atoms with Crippen LogP contribution in [0, 0.1) is 0 Å². The summed E-state index contributed by atoms with van der Waals surface area (Å²) in [5.74, 6) is 0.542. The van der Waals surface area contributed by atoms with Crippen molar-refractivity contribution in [2.24, 2.45) is 0 Å². The maximum atomic E-state index is 13.0. The highest BCUT2D eigenvalue weighted by Crippen LogP contribution is 2.25. The van der Waals surface area contributed by atoms with Crippen LogP contribution in [0.5, 0.6) is 5.75 Å². The Hall–Kier alpha value is -4.52. The van der Waals surface area contributed by atoms with Gasteiger partial charge in [0, 0.05) is 27.5 Å². The standard InChI is InChI=1S/C25H19N3O4/c29-24(22-12-16-10-18(26-25(30)31)6-8-20(16)27-22)23-13-17-11-19(7-9-21(17)28-23)32-14-15-4-2-1-3-5-15/h1-13,26-28H,14H2,(H,30,31). The van der Waals surface area contributed by atoms with Gasteiger partial charge in [-0.2, -0.15) is 0 Å². The summed E-state index contributed by atoms with van der Waals surface area (Å²) in [4.78, 5) is 30.1. The van der Waals surface area contributed by atoms with Gasteiger partial charge in [0.05, 0.1) is 11.4 Å². The molecule has 32 heavy (non-hydrogen) atoms. The molecule has 0 spiro atoms. The number of amides is 1. The zero-order valence-electron chi connectivity index (χ0n) is 16.9. The van der Waals surface area contributed by atoms with Gasteiger partial charge in [0.1, 0.15) is 12.4 Å². The van der Waals surface area contributed by atoms with E-state index >= 15 is 0 Å². The molecule has 0 saturated heterocycles. The van der Waals surface area contributed by atoms with Gasteiger partial charge in [0.2, 0.25) is 5.78 Å². The number of ether oxygens (including phenoxy) is 1. The van der Waals surface area contributed by atoms with Gasteiger partial charge in [-0.3, -0.25) is 10.1 Å². The van der Waals surface area contributed by atoms with E-state index in [1.165, 1.54) is 0 Å². The van der Waals surface area contributed by atoms with Gasteiger partial charge in [-0.25, -0.2) is 4.79 Å². The number of H-pyrrole nitrogens is 2. The lowest BCUT2D eigenvalue weighted by atomic mass is 10.2. The van der Waals surface area contributed by atoms with Crippen LogP contribution in [0.1, 0.15) is 21.7 Å². The maximum Gasteiger partial charge on any atom is 0.409 e. The van der Waals surface area contributed by atoms with Gasteiger partial charge in [0.25, 0.3) is 0 Å². The van der Waals surface area contributed by atoms with E-state index in [1.54, 1.807) is 30.3 Å². The van der Waals surface area contributed by atoms with Crippen molar-refractivity contribution in [2.45, 2.75) is 6.61 Å². The van der Waals surface area contributed by atoms with Crippen LogP contribution in [-0.4, -0.2) is 27.0 Å². The average Bonchev–Trinajstić information content (AvgIpc) is 3.41. The molecule has 7 heteroatoms. The first kappa shape index (κ1) is 19.4. The first-order valence-corrected chi connectivity index (χ1v) is 10.0. The van der Waals surface area contributed by atoms with E-state index < -0.39 is 6.09 Å². The van der Waals surface area contributed by atoms with Crippen molar-refractivity contribution in [1.82, 2.24) is 9.97 Å². The number of anilines is 1. The topological polar surface area (TPSA) is 107 Å². The third kappa shape index (κ3) is 3.91. The number of nitrogens with one attached hydrogen (secondary N) is 3. The zero-order valence-corrected chi connectivity index (χ0v) is 16.9. The number of benzene rings is 3. The fourth-order valence-corrected chi connectivity index (χ4v) is 3.67. The van der Waals surface area contributed by atoms with Crippen molar-refractivity contribution in [3.8, 4) is 5.75 Å². The highest BCUT2D eigenvalue weighted by molar-refractivity contribution is 6.11. The van der Waals surface area contributed by atoms with Crippen LogP contribution < -0.4 is 10.1 Å². The first-order valence-electron chi connectivity index (χ1n) is 10.0. The second-order valence-corrected chi connectivity index (χ2v) is 7.45. The Labute approximate surface area is 182 Å². The zero-order chi connectivity index (χ0) is 22.1. The normalized spacial score (nSPS) is 11.0. The highest BCUT2D eigenvalue weighted by Gasteiger charge is 2.15. The molecule has 0 radical (unpaired) electrons. The minimum absolute atomic E-state index is 0.183. The Morgan fingerprint density at radius 2 is 1.47 bits per heavy atom. The molecule has 0 fully saturated rings. The molecule has 0 atom stereocenters. The molecule has 5 rings (SSSR count). The molecule has 0 bridgehead atoms. The number of rotatable bonds is 6. The SMILES string of the molecule is O=C(O)Nc1ccc2[nH]c(C(=O)c3cc4cc(OCc5ccccc5)ccc4[nH]3)cc2c1. The van der Waals surface area contributed by atoms with Crippen molar-refractivity contribution in [3.05, 3.63) is 95.8 Å². The quantitative estimate of drug-likeness (QED) is 0.268. The molecule has 3 aromatic carbocycles. The third-order valence-electron chi connectivity index (χ3n) is 5.20. The highest BCUT2D eigenvalue weighted by atomic mass is 16.5. The molecule has 1 amide bonds. The van der Waals surface area contributed by atoms with Crippen LogP contribution in [0.4, 0.5) is 10.5 Å². The van der Waals surface area contributed by atoms with E-state index in [2.05, 4.69) is 15.3 Å². The number of fused-ring (bicyclic) bond motifs is 2. The van der Waals surface area contributed by atoms with Crippen LogP contribution in [0.3, 0.4) is 0 Å². The summed E-state index contributed by atoms with van der Waals surface area (Å²) in [6.45, 7) is 0.469. The number of aromatic amines is 2. The lowest BCUT2D eigenvalue weighted by Crippen LogP contribution is -2.06. The summed E-state index contributed by atoms with van der Waals surface area (Å²) in [5, 5.41) is 12.8. The van der Waals surface area contributed by atoms with E-state index in [4.69, 9.17) is 9.84 Å². The molecule has 0 saturated carbocycles. The van der Waals surface area contributed by atoms with E-state index in [9.17, 15) is 9.59 Å². The van der Waals surface area contributed by atoms with Crippen LogP contribution >= 0.6 is 0 Å². The third-order valence-corrected chi connectivity index (χ3v) is 5.20. The molecule has 0 aliphatic heterocycles. The van der Waals surface area contributed by atoms with Crippen molar-refractivity contribution >= 4 is 39.4 Å². The number of hydrogen-bond acceptors (Lipinski definition) is 3. The molecule has 2 heterocycles. The molecule has 0 aliphatic rings. The summed E-state index contributed by atoms with van der Waals surface area (Å²) >= 11 is 0. The van der Waals surface area contributed by atoms with E-state index in [-0.39, 0.29) is 5.78 Å². The predicted molar refractivity (Wildman–Crippen MR) is 122 cm³/mol. The lowest BCUT2D eigenvalue weighted by molar-refractivity contribution is 0.103. The van der Waals surface area contributed by atoms with E-state index in [0.717, 1.165) is 33.1 Å². The van der Waals surface area contributed by atoms with Crippen molar-refractivity contribution in [1.29, 1.82) is 0 Å². The summed E-state index contributed by atoms with van der Waals surface area (Å²) in [7, 11) is 0. The largest absolute Gasteiger partial charge is 0.489 e. The van der Waals surface area contributed by atoms with Crippen molar-refractivity contribution in [2.75, 3.05) is 5.32 Å². The molecule has 0 unspecified atom stereocenters. The molecule has 7 nitrogen and oxygen atoms in total. The van der Waals surface area contributed by atoms with E-state index in [0.29, 0.717) is 23.7 Å². The average molecular weight is 425 g/mol. The minimum atomic E-state index is -1.14. The summed E-state index contributed by atoms with van der Waals surface area (Å²) in [5.41, 5.74) is 3.98. The van der Waals surface area contributed by atoms with Gasteiger partial charge in [-0.1, -0.05) is 30.3 Å². The molecular weight excluding hydrogens is 406 g/mol. The molecular formula is C25H19N3O4. The minimum Gasteiger partial charge on any atom is -0.489 e. The molecule has 0 aliphatic carbocycles. The fraction of sp³-hybridized carbons (Fsp3) is 0.0400. The Kier molecular flexibility index (Phi) is 4.84. The smallest absolute Gasteiger partial charge is 0.409 e. The van der Waals surface area contributed by atoms with Gasteiger partial charge in [0.15, 0.2) is 0 Å². The Morgan fingerprint density at radius 1 is 0.812 bits per heavy atom. The Morgan fingerprint density at radius 3 is 2.16 bits per heavy atom. The van der Waals surface area contributed by atoms with Crippen molar-refractivity contribution < 1.29 is 19.4 Å². The second kappa shape index (κ2) is 7.96. The van der Waals surface area contributed by atoms with Crippen LogP contribution in [0.25, 0.3) is 21.8 Å². The monoisotopic (exact) mass is 425 g/mol. The first-order chi connectivity index (χ1) is 15.5. The van der Waals surface area contributed by atoms with Crippen LogP contribution in [-0.2, 0) is 6.61 Å². The Balaban J connectivity index is 1.38. The number of carbonyl (C=O) groups is 2. The summed E-state index contributed by atoms with van der Waals surface area (Å²) < 4.78 is 5.88. The number of carbonyl (C=O) groups excluding carboxylic acids is 1. The van der Waals surface area contributed by atoms with Gasteiger partial charge in [-0.15, -0.1) is 0 Å². The van der Waals surface area contributed by atoms with E-state index in [1.807, 2.05) is 48.5 Å². The molecule has 5 aromatic rings. The predicted octanol–water partition coefficient (Wildman–Crippen LogP) is 5.55. The number of hydrogen-bond donors (Lipinski definition) is 4. The molecule has 2 aromatic heterocycles. The summed E-state index contributed by atoms with van der Waals surface area (Å²) in [6.07, 6.45) is -1.14. The van der Waals surface area contributed by atoms with Crippen molar-refractivity contribution in [3.63, 3.8) is 0 Å². The maximum absolute atomic E-state index is 13.0. The second-order valence-electron chi connectivity index (χ2n) is 7.45. The Bertz CT molecular complexity index is 1450. The fourth-order valence-electron chi connectivity index (χ4n) is 3.67. The molecule has 158 valence electrons. The van der Waals surface area contributed by atoms with Crippen LogP contribution in [0.15, 0.2) is 78.9 Å². The van der Waals surface area contributed by atoms with Gasteiger partial charge in [-0.05, 0) is 54.1 Å². The van der Waals surface area contributed by atoms with Gasteiger partial charge < -0.3 is 19.8 Å². The summed E-state index contributed by atoms with van der Waals surface area (Å²) in [6, 6.07) is 24.2. The number of carboxylic acid groups (broad SMARTS) is 1. The van der Waals surface area contributed by atoms with Gasteiger partial charge >= 0.3 is 6.09 Å². The molecule has 4 N–H and O–H groups in total. The van der Waals surface area contributed by atoms with Crippen LogP contribution in [0.2, 0.25) is 0 Å². The lowest BCUT2D eigenvalue weighted by Gasteiger charge is -2.06. The number of aromatic nitrogens is 2.